The van der Waals surface area contributed by atoms with Gasteiger partial charge in [-0.25, -0.2) is 0 Å². The Balaban J connectivity index is 2.20. The highest BCUT2D eigenvalue weighted by Crippen LogP contribution is 2.20. The van der Waals surface area contributed by atoms with Crippen LogP contribution in [0.5, 0.6) is 0 Å². The molecule has 0 aromatic carbocycles. The topological polar surface area (TPSA) is 47.7 Å². The van der Waals surface area contributed by atoms with E-state index in [0.29, 0.717) is 0 Å². The highest BCUT2D eigenvalue weighted by Gasteiger charge is 2.17. The summed E-state index contributed by atoms with van der Waals surface area (Å²) in [5, 5.41) is 12.3. The van der Waals surface area contributed by atoms with Crippen LogP contribution >= 0.6 is 0 Å². The molecule has 0 radical (unpaired) electrons. The van der Waals surface area contributed by atoms with Crippen LogP contribution in [0.3, 0.4) is 0 Å². The van der Waals surface area contributed by atoms with Gasteiger partial charge in [0.25, 0.3) is 0 Å². The molecule has 0 aliphatic heterocycles. The van der Waals surface area contributed by atoms with Crippen LogP contribution in [0.2, 0.25) is 0 Å². The first kappa shape index (κ1) is 12.8. The number of nitrogens with zero attached hydrogens (tertiary/aromatic N) is 4. The summed E-state index contributed by atoms with van der Waals surface area (Å²) in [6.45, 7) is 5.16. The highest BCUT2D eigenvalue weighted by atomic mass is 15.3. The summed E-state index contributed by atoms with van der Waals surface area (Å²) in [4.78, 5) is 0. The minimum Gasteiger partial charge on any atom is -0.310 e. The fourth-order valence-electron chi connectivity index (χ4n) is 2.18. The van der Waals surface area contributed by atoms with Gasteiger partial charge >= 0.3 is 0 Å². The lowest BCUT2D eigenvalue weighted by molar-refractivity contribution is 0.536. The standard InChI is InChI=1S/C13H21N5/c1-5-14-13(8-11-6-7-17(3)16-11)12-9-15-18(4)10(12)2/h6-7,9,13-14H,5,8H2,1-4H3. The first-order valence-electron chi connectivity index (χ1n) is 6.32. The highest BCUT2D eigenvalue weighted by molar-refractivity contribution is 5.22. The largest absolute Gasteiger partial charge is 0.310 e. The molecule has 5 heteroatoms. The van der Waals surface area contributed by atoms with Gasteiger partial charge in [-0.1, -0.05) is 6.92 Å². The Kier molecular flexibility index (Phi) is 3.81. The molecule has 0 saturated heterocycles. The van der Waals surface area contributed by atoms with Crippen LogP contribution in [0.25, 0.3) is 0 Å². The van der Waals surface area contributed by atoms with E-state index in [2.05, 4.69) is 35.4 Å². The molecule has 0 amide bonds. The van der Waals surface area contributed by atoms with Crippen LogP contribution in [0.15, 0.2) is 18.5 Å². The maximum atomic E-state index is 4.44. The van der Waals surface area contributed by atoms with Crippen molar-refractivity contribution in [3.05, 3.63) is 35.4 Å². The fourth-order valence-corrected chi connectivity index (χ4v) is 2.18. The summed E-state index contributed by atoms with van der Waals surface area (Å²) in [5.74, 6) is 0. The zero-order valence-corrected chi connectivity index (χ0v) is 11.5. The van der Waals surface area contributed by atoms with E-state index in [-0.39, 0.29) is 6.04 Å². The van der Waals surface area contributed by atoms with E-state index in [1.54, 1.807) is 0 Å². The van der Waals surface area contributed by atoms with Crippen molar-refractivity contribution < 1.29 is 0 Å². The van der Waals surface area contributed by atoms with E-state index >= 15 is 0 Å². The van der Waals surface area contributed by atoms with E-state index in [9.17, 15) is 0 Å². The van der Waals surface area contributed by atoms with Crippen molar-refractivity contribution in [1.29, 1.82) is 0 Å². The molecule has 2 aromatic heterocycles. The molecule has 2 rings (SSSR count). The summed E-state index contributed by atoms with van der Waals surface area (Å²) < 4.78 is 3.76. The van der Waals surface area contributed by atoms with Gasteiger partial charge in [0, 0.05) is 44.0 Å². The number of rotatable bonds is 5. The van der Waals surface area contributed by atoms with E-state index in [4.69, 9.17) is 0 Å². The molecule has 1 N–H and O–H groups in total. The maximum Gasteiger partial charge on any atom is 0.0643 e. The zero-order chi connectivity index (χ0) is 13.1. The van der Waals surface area contributed by atoms with E-state index < -0.39 is 0 Å². The Hall–Kier alpha value is -1.62. The van der Waals surface area contributed by atoms with Gasteiger partial charge in [0.15, 0.2) is 0 Å². The Morgan fingerprint density at radius 2 is 2.17 bits per heavy atom. The Morgan fingerprint density at radius 3 is 2.67 bits per heavy atom. The summed E-state index contributed by atoms with van der Waals surface area (Å²) in [5.41, 5.74) is 3.56. The number of hydrogen-bond acceptors (Lipinski definition) is 3. The molecule has 5 nitrogen and oxygen atoms in total. The number of nitrogens with one attached hydrogen (secondary N) is 1. The number of hydrogen-bond donors (Lipinski definition) is 1. The average Bonchev–Trinajstić information content (AvgIpc) is 2.87. The second-order valence-corrected chi connectivity index (χ2v) is 4.60. The van der Waals surface area contributed by atoms with Gasteiger partial charge in [-0.05, 0) is 19.5 Å². The van der Waals surface area contributed by atoms with Gasteiger partial charge in [0.05, 0.1) is 11.9 Å². The van der Waals surface area contributed by atoms with Gasteiger partial charge in [0.1, 0.15) is 0 Å². The van der Waals surface area contributed by atoms with Crippen molar-refractivity contribution >= 4 is 0 Å². The van der Waals surface area contributed by atoms with Crippen LogP contribution in [0, 0.1) is 6.92 Å². The van der Waals surface area contributed by atoms with Gasteiger partial charge in [-0.2, -0.15) is 10.2 Å². The normalized spacial score (nSPS) is 12.9. The van der Waals surface area contributed by atoms with E-state index in [0.717, 1.165) is 18.7 Å². The minimum absolute atomic E-state index is 0.276. The van der Waals surface area contributed by atoms with Crippen LogP contribution in [-0.4, -0.2) is 26.1 Å². The third kappa shape index (κ3) is 2.61. The van der Waals surface area contributed by atoms with Crippen LogP contribution in [0.4, 0.5) is 0 Å². The molecule has 0 bridgehead atoms. The second kappa shape index (κ2) is 5.35. The molecular weight excluding hydrogens is 226 g/mol. The molecule has 0 aliphatic carbocycles. The smallest absolute Gasteiger partial charge is 0.0643 e. The lowest BCUT2D eigenvalue weighted by Gasteiger charge is -2.16. The molecule has 1 atom stereocenters. The summed E-state index contributed by atoms with van der Waals surface area (Å²) in [7, 11) is 3.92. The molecule has 0 saturated carbocycles. The monoisotopic (exact) mass is 247 g/mol. The minimum atomic E-state index is 0.276. The van der Waals surface area contributed by atoms with E-state index in [1.165, 1.54) is 11.3 Å². The van der Waals surface area contributed by atoms with Gasteiger partial charge in [-0.3, -0.25) is 9.36 Å². The Bertz CT molecular complexity index is 511. The van der Waals surface area contributed by atoms with Gasteiger partial charge in [-0.15, -0.1) is 0 Å². The first-order valence-corrected chi connectivity index (χ1v) is 6.32. The van der Waals surface area contributed by atoms with Crippen molar-refractivity contribution in [2.75, 3.05) is 6.54 Å². The predicted octanol–water partition coefficient (Wildman–Crippen LogP) is 1.36. The molecule has 0 fully saturated rings. The molecule has 98 valence electrons. The van der Waals surface area contributed by atoms with Crippen molar-refractivity contribution in [1.82, 2.24) is 24.9 Å². The van der Waals surface area contributed by atoms with Crippen molar-refractivity contribution in [3.63, 3.8) is 0 Å². The Morgan fingerprint density at radius 1 is 1.39 bits per heavy atom. The summed E-state index contributed by atoms with van der Waals surface area (Å²) in [6.07, 6.45) is 4.82. The van der Waals surface area contributed by atoms with Crippen LogP contribution in [0.1, 0.15) is 29.9 Å². The predicted molar refractivity (Wildman–Crippen MR) is 71.3 cm³/mol. The van der Waals surface area contributed by atoms with Crippen molar-refractivity contribution in [2.45, 2.75) is 26.3 Å². The summed E-state index contributed by atoms with van der Waals surface area (Å²) >= 11 is 0. The molecule has 2 aromatic rings. The van der Waals surface area contributed by atoms with Crippen LogP contribution in [-0.2, 0) is 20.5 Å². The SMILES string of the molecule is CCNC(Cc1ccn(C)n1)c1cnn(C)c1C. The number of aryl methyl sites for hydroxylation is 2. The molecular formula is C13H21N5. The average molecular weight is 247 g/mol. The molecule has 0 spiro atoms. The number of aromatic nitrogens is 4. The van der Waals surface area contributed by atoms with Gasteiger partial charge in [0.2, 0.25) is 0 Å². The lowest BCUT2D eigenvalue weighted by Crippen LogP contribution is -2.23. The second-order valence-electron chi connectivity index (χ2n) is 4.60. The third-order valence-electron chi connectivity index (χ3n) is 3.28. The van der Waals surface area contributed by atoms with Crippen LogP contribution < -0.4 is 5.32 Å². The zero-order valence-electron chi connectivity index (χ0n) is 11.5. The lowest BCUT2D eigenvalue weighted by atomic mass is 10.0. The first-order chi connectivity index (χ1) is 8.61. The van der Waals surface area contributed by atoms with Crippen molar-refractivity contribution in [2.24, 2.45) is 14.1 Å². The fraction of sp³-hybridized carbons (Fsp3) is 0.538. The summed E-state index contributed by atoms with van der Waals surface area (Å²) in [6, 6.07) is 2.34. The molecule has 2 heterocycles. The molecule has 18 heavy (non-hydrogen) atoms. The van der Waals surface area contributed by atoms with Gasteiger partial charge < -0.3 is 5.32 Å². The Labute approximate surface area is 108 Å². The quantitative estimate of drug-likeness (QED) is 0.867. The maximum absolute atomic E-state index is 4.44. The van der Waals surface area contributed by atoms with Crippen molar-refractivity contribution in [3.8, 4) is 0 Å². The third-order valence-corrected chi connectivity index (χ3v) is 3.28. The van der Waals surface area contributed by atoms with E-state index in [1.807, 2.05) is 35.9 Å². The number of likely N-dealkylation sites (N-methyl/N-ethyl adjacent to an activating group) is 1. The molecule has 1 unspecified atom stereocenters. The molecule has 0 aliphatic rings.